The van der Waals surface area contributed by atoms with Crippen LogP contribution in [0.25, 0.3) is 11.3 Å². The molecule has 3 rings (SSSR count). The van der Waals surface area contributed by atoms with E-state index in [1.165, 1.54) is 0 Å². The minimum Gasteiger partial charge on any atom is -0.339 e. The Hall–Kier alpha value is -2.26. The lowest BCUT2D eigenvalue weighted by Crippen LogP contribution is -1.88. The fourth-order valence-electron chi connectivity index (χ4n) is 1.83. The monoisotopic (exact) mass is 269 g/mol. The van der Waals surface area contributed by atoms with Crippen molar-refractivity contribution in [3.05, 3.63) is 65.7 Å². The van der Waals surface area contributed by atoms with Crippen molar-refractivity contribution in [1.29, 1.82) is 0 Å². The first kappa shape index (κ1) is 11.8. The summed E-state index contributed by atoms with van der Waals surface area (Å²) in [5.74, 6) is 0.788. The Balaban J connectivity index is 1.82. The number of para-hydroxylation sites is 1. The Kier molecular flexibility index (Phi) is 3.21. The molecule has 2 N–H and O–H groups in total. The quantitative estimate of drug-likeness (QED) is 0.736. The van der Waals surface area contributed by atoms with Crippen LogP contribution in [-0.4, -0.2) is 10.2 Å². The molecule has 0 fully saturated rings. The zero-order chi connectivity index (χ0) is 13.1. The number of nitrogens with one attached hydrogen (secondary N) is 2. The summed E-state index contributed by atoms with van der Waals surface area (Å²) in [6, 6.07) is 19.6. The molecular weight excluding hydrogens is 258 g/mol. The Bertz CT molecular complexity index is 659. The molecule has 19 heavy (non-hydrogen) atoms. The van der Waals surface area contributed by atoms with E-state index < -0.39 is 0 Å². The number of aromatic nitrogens is 2. The molecule has 0 atom stereocenters. The highest BCUT2D eigenvalue weighted by Crippen LogP contribution is 2.23. The minimum absolute atomic E-state index is 0.728. The van der Waals surface area contributed by atoms with Gasteiger partial charge in [0.25, 0.3) is 0 Å². The van der Waals surface area contributed by atoms with E-state index in [1.807, 2.05) is 60.7 Å². The number of anilines is 2. The van der Waals surface area contributed by atoms with Gasteiger partial charge in [0.1, 0.15) is 0 Å². The topological polar surface area (TPSA) is 40.7 Å². The van der Waals surface area contributed by atoms with Crippen molar-refractivity contribution in [2.24, 2.45) is 0 Å². The van der Waals surface area contributed by atoms with Crippen LogP contribution >= 0.6 is 11.6 Å². The zero-order valence-corrected chi connectivity index (χ0v) is 10.9. The first-order chi connectivity index (χ1) is 9.31. The molecule has 0 aliphatic rings. The highest BCUT2D eigenvalue weighted by Gasteiger charge is 2.03. The van der Waals surface area contributed by atoms with Gasteiger partial charge in [-0.25, -0.2) is 0 Å². The minimum atomic E-state index is 0.728. The van der Waals surface area contributed by atoms with Crippen LogP contribution in [-0.2, 0) is 0 Å². The van der Waals surface area contributed by atoms with Crippen LogP contribution < -0.4 is 5.32 Å². The van der Waals surface area contributed by atoms with Gasteiger partial charge in [0.15, 0.2) is 5.82 Å². The molecule has 0 amide bonds. The van der Waals surface area contributed by atoms with Crippen LogP contribution in [0.4, 0.5) is 11.5 Å². The van der Waals surface area contributed by atoms with Gasteiger partial charge >= 0.3 is 0 Å². The molecule has 3 aromatic rings. The van der Waals surface area contributed by atoms with E-state index in [-0.39, 0.29) is 0 Å². The number of hydrogen-bond acceptors (Lipinski definition) is 2. The predicted molar refractivity (Wildman–Crippen MR) is 78.8 cm³/mol. The Labute approximate surface area is 116 Å². The predicted octanol–water partition coefficient (Wildman–Crippen LogP) is 4.47. The third-order valence-corrected chi connectivity index (χ3v) is 3.03. The fourth-order valence-corrected chi connectivity index (χ4v) is 1.96. The van der Waals surface area contributed by atoms with Gasteiger partial charge < -0.3 is 5.32 Å². The van der Waals surface area contributed by atoms with Crippen molar-refractivity contribution in [2.75, 3.05) is 5.32 Å². The molecule has 0 bridgehead atoms. The maximum absolute atomic E-state index is 5.87. The van der Waals surface area contributed by atoms with Crippen LogP contribution in [0, 0.1) is 0 Å². The van der Waals surface area contributed by atoms with E-state index in [1.54, 1.807) is 0 Å². The SMILES string of the molecule is Clc1ccc(-c2cc(Nc3ccccc3)n[nH]2)cc1. The highest BCUT2D eigenvalue weighted by atomic mass is 35.5. The van der Waals surface area contributed by atoms with Crippen LogP contribution in [0.5, 0.6) is 0 Å². The Morgan fingerprint density at radius 3 is 2.42 bits per heavy atom. The number of aromatic amines is 1. The van der Waals surface area contributed by atoms with Crippen LogP contribution in [0.2, 0.25) is 5.02 Å². The molecule has 4 heteroatoms. The second-order valence-corrected chi connectivity index (χ2v) is 4.60. The Morgan fingerprint density at radius 2 is 1.68 bits per heavy atom. The number of rotatable bonds is 3. The molecule has 0 aliphatic heterocycles. The summed E-state index contributed by atoms with van der Waals surface area (Å²) in [6.45, 7) is 0. The third kappa shape index (κ3) is 2.77. The standard InChI is InChI=1S/C15H12ClN3/c16-12-8-6-11(7-9-12)14-10-15(19-18-14)17-13-4-2-1-3-5-13/h1-10H,(H2,17,18,19). The fraction of sp³-hybridized carbons (Fsp3) is 0. The van der Waals surface area contributed by atoms with Crippen molar-refractivity contribution in [1.82, 2.24) is 10.2 Å². The van der Waals surface area contributed by atoms with Gasteiger partial charge in [-0.3, -0.25) is 5.10 Å². The van der Waals surface area contributed by atoms with E-state index >= 15 is 0 Å². The average Bonchev–Trinajstić information content (AvgIpc) is 2.89. The lowest BCUT2D eigenvalue weighted by Gasteiger charge is -2.00. The van der Waals surface area contributed by atoms with Crippen LogP contribution in [0.1, 0.15) is 0 Å². The summed E-state index contributed by atoms with van der Waals surface area (Å²) in [5, 5.41) is 11.2. The smallest absolute Gasteiger partial charge is 0.152 e. The van der Waals surface area contributed by atoms with Crippen LogP contribution in [0.3, 0.4) is 0 Å². The van der Waals surface area contributed by atoms with Gasteiger partial charge in [-0.2, -0.15) is 5.10 Å². The van der Waals surface area contributed by atoms with Gasteiger partial charge in [-0.15, -0.1) is 0 Å². The zero-order valence-electron chi connectivity index (χ0n) is 10.1. The lowest BCUT2D eigenvalue weighted by molar-refractivity contribution is 1.10. The van der Waals surface area contributed by atoms with E-state index in [9.17, 15) is 0 Å². The first-order valence-corrected chi connectivity index (χ1v) is 6.32. The number of halogens is 1. The third-order valence-electron chi connectivity index (χ3n) is 2.78. The summed E-state index contributed by atoms with van der Waals surface area (Å²) in [4.78, 5) is 0. The molecule has 0 unspecified atom stereocenters. The van der Waals surface area contributed by atoms with Gasteiger partial charge in [-0.1, -0.05) is 41.9 Å². The van der Waals surface area contributed by atoms with Crippen molar-refractivity contribution >= 4 is 23.1 Å². The molecular formula is C15H12ClN3. The second kappa shape index (κ2) is 5.16. The molecule has 0 radical (unpaired) electrons. The first-order valence-electron chi connectivity index (χ1n) is 5.95. The van der Waals surface area contributed by atoms with Gasteiger partial charge in [-0.05, 0) is 29.8 Å². The Morgan fingerprint density at radius 1 is 0.947 bits per heavy atom. The van der Waals surface area contributed by atoms with Gasteiger partial charge in [0, 0.05) is 16.8 Å². The molecule has 0 saturated heterocycles. The summed E-state index contributed by atoms with van der Waals surface area (Å²) in [5.41, 5.74) is 3.02. The van der Waals surface area contributed by atoms with Crippen molar-refractivity contribution in [2.45, 2.75) is 0 Å². The van der Waals surface area contributed by atoms with Gasteiger partial charge in [0.2, 0.25) is 0 Å². The number of hydrogen-bond donors (Lipinski definition) is 2. The molecule has 3 nitrogen and oxygen atoms in total. The van der Waals surface area contributed by atoms with E-state index in [0.29, 0.717) is 0 Å². The number of benzene rings is 2. The van der Waals surface area contributed by atoms with Crippen LogP contribution in [0.15, 0.2) is 60.7 Å². The molecule has 0 aliphatic carbocycles. The maximum Gasteiger partial charge on any atom is 0.152 e. The molecule has 2 aromatic carbocycles. The number of H-pyrrole nitrogens is 1. The molecule has 0 saturated carbocycles. The normalized spacial score (nSPS) is 10.4. The summed E-state index contributed by atoms with van der Waals surface area (Å²) in [7, 11) is 0. The lowest BCUT2D eigenvalue weighted by atomic mass is 10.1. The van der Waals surface area contributed by atoms with Gasteiger partial charge in [0.05, 0.1) is 5.69 Å². The molecule has 1 heterocycles. The maximum atomic E-state index is 5.87. The van der Waals surface area contributed by atoms with E-state index in [4.69, 9.17) is 11.6 Å². The second-order valence-electron chi connectivity index (χ2n) is 4.16. The molecule has 0 spiro atoms. The van der Waals surface area contributed by atoms with E-state index in [2.05, 4.69) is 15.5 Å². The molecule has 1 aromatic heterocycles. The van der Waals surface area contributed by atoms with Crippen molar-refractivity contribution in [3.63, 3.8) is 0 Å². The number of nitrogens with zero attached hydrogens (tertiary/aromatic N) is 1. The summed E-state index contributed by atoms with van der Waals surface area (Å²) < 4.78 is 0. The largest absolute Gasteiger partial charge is 0.339 e. The average molecular weight is 270 g/mol. The van der Waals surface area contributed by atoms with Crippen molar-refractivity contribution < 1.29 is 0 Å². The summed E-state index contributed by atoms with van der Waals surface area (Å²) >= 11 is 5.87. The van der Waals surface area contributed by atoms with E-state index in [0.717, 1.165) is 27.8 Å². The highest BCUT2D eigenvalue weighted by molar-refractivity contribution is 6.30. The summed E-state index contributed by atoms with van der Waals surface area (Å²) in [6.07, 6.45) is 0. The van der Waals surface area contributed by atoms with Crippen molar-refractivity contribution in [3.8, 4) is 11.3 Å². The molecule has 94 valence electrons.